The molecule has 1 atom stereocenters. The van der Waals surface area contributed by atoms with Crippen molar-refractivity contribution in [2.45, 2.75) is 64.2 Å². The Bertz CT molecular complexity index is 1090. The van der Waals surface area contributed by atoms with Gasteiger partial charge in [-0.25, -0.2) is 4.79 Å². The third-order valence-electron chi connectivity index (χ3n) is 6.47. The van der Waals surface area contributed by atoms with Crippen molar-refractivity contribution in [3.8, 4) is 0 Å². The molecule has 2 aromatic carbocycles. The predicted molar refractivity (Wildman–Crippen MR) is 122 cm³/mol. The van der Waals surface area contributed by atoms with Gasteiger partial charge in [0.15, 0.2) is 5.58 Å². The van der Waals surface area contributed by atoms with E-state index < -0.39 is 11.8 Å². The molecule has 1 aliphatic carbocycles. The van der Waals surface area contributed by atoms with Crippen LogP contribution in [0.1, 0.15) is 56.2 Å². The zero-order chi connectivity index (χ0) is 21.8. The molecular formula is C25H31N3O3. The summed E-state index contributed by atoms with van der Waals surface area (Å²) in [6, 6.07) is 15.4. The average Bonchev–Trinajstić information content (AvgIpc) is 3.14. The van der Waals surface area contributed by atoms with E-state index in [9.17, 15) is 9.59 Å². The van der Waals surface area contributed by atoms with Crippen molar-refractivity contribution < 1.29 is 9.21 Å². The highest BCUT2D eigenvalue weighted by Gasteiger charge is 2.22. The summed E-state index contributed by atoms with van der Waals surface area (Å²) in [5.74, 6) is -0.720. The van der Waals surface area contributed by atoms with Gasteiger partial charge in [-0.2, -0.15) is 0 Å². The summed E-state index contributed by atoms with van der Waals surface area (Å²) in [7, 11) is 2.20. The van der Waals surface area contributed by atoms with Crippen LogP contribution in [-0.2, 0) is 17.9 Å². The molecule has 4 rings (SSSR count). The Balaban J connectivity index is 1.43. The molecule has 1 heterocycles. The number of aromatic nitrogens is 1. The first-order valence-corrected chi connectivity index (χ1v) is 11.2. The third kappa shape index (κ3) is 4.74. The maximum atomic E-state index is 12.9. The molecule has 0 radical (unpaired) electrons. The zero-order valence-corrected chi connectivity index (χ0v) is 18.3. The van der Waals surface area contributed by atoms with E-state index in [1.165, 1.54) is 42.2 Å². The minimum atomic E-state index is -0.659. The minimum absolute atomic E-state index is 0.205. The number of para-hydroxylation sites is 2. The van der Waals surface area contributed by atoms with Gasteiger partial charge in [-0.3, -0.25) is 14.3 Å². The molecule has 1 saturated carbocycles. The summed E-state index contributed by atoms with van der Waals surface area (Å²) < 4.78 is 6.69. The number of rotatable bonds is 7. The van der Waals surface area contributed by atoms with Gasteiger partial charge in [0.2, 0.25) is 5.91 Å². The van der Waals surface area contributed by atoms with Crippen molar-refractivity contribution in [1.82, 2.24) is 14.8 Å². The molecule has 0 spiro atoms. The first kappa shape index (κ1) is 21.4. The molecule has 1 amide bonds. The van der Waals surface area contributed by atoms with Gasteiger partial charge in [0.05, 0.1) is 5.52 Å². The predicted octanol–water partition coefficient (Wildman–Crippen LogP) is 4.24. The number of nitrogens with one attached hydrogen (secondary N) is 1. The molecule has 1 aliphatic rings. The highest BCUT2D eigenvalue weighted by Crippen LogP contribution is 2.24. The number of nitrogens with zero attached hydrogens (tertiary/aromatic N) is 2. The van der Waals surface area contributed by atoms with Crippen molar-refractivity contribution in [3.63, 3.8) is 0 Å². The molecule has 164 valence electrons. The van der Waals surface area contributed by atoms with Crippen LogP contribution in [0, 0.1) is 0 Å². The smallest absolute Gasteiger partial charge is 0.408 e. The van der Waals surface area contributed by atoms with Crippen LogP contribution in [0.5, 0.6) is 0 Å². The maximum Gasteiger partial charge on any atom is 0.420 e. The number of amides is 1. The van der Waals surface area contributed by atoms with Crippen LogP contribution in [0.2, 0.25) is 0 Å². The van der Waals surface area contributed by atoms with Crippen LogP contribution in [0.25, 0.3) is 11.1 Å². The highest BCUT2D eigenvalue weighted by molar-refractivity contribution is 5.82. The SMILES string of the molecule is CC(C(=O)NCc1ccccc1CN(C)C1CCCCC1)n1c(=O)oc2ccccc21. The topological polar surface area (TPSA) is 67.5 Å². The number of hydrogen-bond donors (Lipinski definition) is 1. The summed E-state index contributed by atoms with van der Waals surface area (Å²) in [5.41, 5.74) is 3.46. The van der Waals surface area contributed by atoms with Gasteiger partial charge in [-0.15, -0.1) is 0 Å². The van der Waals surface area contributed by atoms with E-state index in [0.29, 0.717) is 23.7 Å². The van der Waals surface area contributed by atoms with Crippen LogP contribution in [0.3, 0.4) is 0 Å². The lowest BCUT2D eigenvalue weighted by atomic mass is 9.94. The second-order valence-electron chi connectivity index (χ2n) is 8.58. The van der Waals surface area contributed by atoms with E-state index >= 15 is 0 Å². The lowest BCUT2D eigenvalue weighted by Crippen LogP contribution is -2.35. The molecule has 1 unspecified atom stereocenters. The Morgan fingerprint density at radius 3 is 2.55 bits per heavy atom. The van der Waals surface area contributed by atoms with Crippen molar-refractivity contribution in [2.24, 2.45) is 0 Å². The second-order valence-corrected chi connectivity index (χ2v) is 8.58. The van der Waals surface area contributed by atoms with Crippen LogP contribution >= 0.6 is 0 Å². The van der Waals surface area contributed by atoms with Crippen molar-refractivity contribution in [3.05, 3.63) is 70.2 Å². The summed E-state index contributed by atoms with van der Waals surface area (Å²) in [6.45, 7) is 3.03. The second kappa shape index (κ2) is 9.52. The Hall–Kier alpha value is -2.86. The summed E-state index contributed by atoms with van der Waals surface area (Å²) in [5, 5.41) is 3.01. The van der Waals surface area contributed by atoms with Gasteiger partial charge in [-0.05, 0) is 50.1 Å². The summed E-state index contributed by atoms with van der Waals surface area (Å²) >= 11 is 0. The zero-order valence-electron chi connectivity index (χ0n) is 18.3. The normalized spacial score (nSPS) is 16.0. The number of benzene rings is 2. The Labute approximate surface area is 182 Å². The van der Waals surface area contributed by atoms with Crippen LogP contribution in [0.15, 0.2) is 57.7 Å². The first-order chi connectivity index (χ1) is 15.0. The van der Waals surface area contributed by atoms with E-state index in [1.807, 2.05) is 18.2 Å². The van der Waals surface area contributed by atoms with E-state index in [1.54, 1.807) is 19.1 Å². The van der Waals surface area contributed by atoms with Crippen LogP contribution in [0.4, 0.5) is 0 Å². The molecule has 1 aromatic heterocycles. The van der Waals surface area contributed by atoms with Gasteiger partial charge in [-0.1, -0.05) is 55.7 Å². The first-order valence-electron chi connectivity index (χ1n) is 11.2. The van der Waals surface area contributed by atoms with Gasteiger partial charge in [0.25, 0.3) is 0 Å². The number of fused-ring (bicyclic) bond motifs is 1. The standard InChI is InChI=1S/C25H31N3O3/c1-18(28-22-14-8-9-15-23(22)31-25(28)30)24(29)26-16-19-10-6-7-11-20(19)17-27(2)21-12-4-3-5-13-21/h6-11,14-15,18,21H,3-5,12-13,16-17H2,1-2H3,(H,26,29). The Morgan fingerprint density at radius 2 is 1.77 bits per heavy atom. The van der Waals surface area contributed by atoms with E-state index in [0.717, 1.165) is 12.1 Å². The molecule has 31 heavy (non-hydrogen) atoms. The molecule has 1 N–H and O–H groups in total. The van der Waals surface area contributed by atoms with Gasteiger partial charge < -0.3 is 9.73 Å². The molecule has 0 saturated heterocycles. The lowest BCUT2D eigenvalue weighted by molar-refractivity contribution is -0.124. The average molecular weight is 422 g/mol. The number of carbonyl (C=O) groups is 1. The molecular weight excluding hydrogens is 390 g/mol. The van der Waals surface area contributed by atoms with E-state index in [2.05, 4.69) is 35.5 Å². The number of hydrogen-bond acceptors (Lipinski definition) is 4. The van der Waals surface area contributed by atoms with Gasteiger partial charge in [0.1, 0.15) is 6.04 Å². The van der Waals surface area contributed by atoms with Crippen LogP contribution < -0.4 is 11.1 Å². The fraction of sp³-hybridized carbons (Fsp3) is 0.440. The number of oxazole rings is 1. The fourth-order valence-electron chi connectivity index (χ4n) is 4.60. The van der Waals surface area contributed by atoms with Crippen LogP contribution in [-0.4, -0.2) is 28.5 Å². The molecule has 1 fully saturated rings. The summed E-state index contributed by atoms with van der Waals surface area (Å²) in [4.78, 5) is 27.6. The molecule has 6 heteroatoms. The highest BCUT2D eigenvalue weighted by atomic mass is 16.4. The Kier molecular flexibility index (Phi) is 6.56. The monoisotopic (exact) mass is 421 g/mol. The molecule has 3 aromatic rings. The fourth-order valence-corrected chi connectivity index (χ4v) is 4.60. The quantitative estimate of drug-likeness (QED) is 0.620. The maximum absolute atomic E-state index is 12.9. The largest absolute Gasteiger partial charge is 0.420 e. The van der Waals surface area contributed by atoms with E-state index in [4.69, 9.17) is 4.42 Å². The third-order valence-corrected chi connectivity index (χ3v) is 6.47. The number of carbonyl (C=O) groups excluding carboxylic acids is 1. The molecule has 0 bridgehead atoms. The van der Waals surface area contributed by atoms with Crippen molar-refractivity contribution in [2.75, 3.05) is 7.05 Å². The Morgan fingerprint density at radius 1 is 1.10 bits per heavy atom. The van der Waals surface area contributed by atoms with Crippen molar-refractivity contribution in [1.29, 1.82) is 0 Å². The van der Waals surface area contributed by atoms with Gasteiger partial charge in [0, 0.05) is 19.1 Å². The summed E-state index contributed by atoms with van der Waals surface area (Å²) in [6.07, 6.45) is 6.50. The molecule has 6 nitrogen and oxygen atoms in total. The van der Waals surface area contributed by atoms with E-state index in [-0.39, 0.29) is 5.91 Å². The lowest BCUT2D eigenvalue weighted by Gasteiger charge is -2.31. The van der Waals surface area contributed by atoms with Crippen molar-refractivity contribution >= 4 is 17.0 Å². The minimum Gasteiger partial charge on any atom is -0.408 e. The van der Waals surface area contributed by atoms with Gasteiger partial charge >= 0.3 is 5.76 Å². The molecule has 0 aliphatic heterocycles.